The molecule has 146 valence electrons. The third-order valence-electron chi connectivity index (χ3n) is 4.54. The number of pyridine rings is 1. The number of aromatic nitrogens is 1. The molecule has 2 N–H and O–H groups in total. The van der Waals surface area contributed by atoms with Gasteiger partial charge in [0.25, 0.3) is 0 Å². The summed E-state index contributed by atoms with van der Waals surface area (Å²) >= 11 is 0. The van der Waals surface area contributed by atoms with E-state index in [4.69, 9.17) is 4.74 Å². The van der Waals surface area contributed by atoms with E-state index in [1.54, 1.807) is 60.8 Å². The van der Waals surface area contributed by atoms with Crippen LogP contribution in [0.25, 0.3) is 0 Å². The van der Waals surface area contributed by atoms with Crippen molar-refractivity contribution in [3.8, 4) is 5.75 Å². The maximum atomic E-state index is 12.3. The van der Waals surface area contributed by atoms with E-state index in [9.17, 15) is 14.4 Å². The topological polar surface area (TPSA) is 101 Å². The lowest BCUT2D eigenvalue weighted by Crippen LogP contribution is -2.40. The van der Waals surface area contributed by atoms with Crippen molar-refractivity contribution in [2.75, 3.05) is 25.1 Å². The molecule has 3 amide bonds. The van der Waals surface area contributed by atoms with Crippen LogP contribution < -0.4 is 20.3 Å². The van der Waals surface area contributed by atoms with Crippen molar-refractivity contribution in [3.05, 3.63) is 54.4 Å². The van der Waals surface area contributed by atoms with Crippen molar-refractivity contribution in [2.45, 2.75) is 13.0 Å². The molecule has 2 aromatic rings. The molecule has 0 spiro atoms. The average Bonchev–Trinajstić information content (AvgIpc) is 3.13. The molecular weight excluding hydrogens is 360 g/mol. The summed E-state index contributed by atoms with van der Waals surface area (Å²) in [6, 6.07) is 10.7. The SMILES string of the molecule is COc1ccc(N2CC(C(=O)NCC(=O)NCc3ccncc3)CC2=O)cc1. The first kappa shape index (κ1) is 19.3. The molecule has 1 aliphatic rings. The van der Waals surface area contributed by atoms with Gasteiger partial charge in [-0.2, -0.15) is 0 Å². The van der Waals surface area contributed by atoms with Gasteiger partial charge < -0.3 is 20.3 Å². The second-order valence-corrected chi connectivity index (χ2v) is 6.45. The number of amides is 3. The third-order valence-corrected chi connectivity index (χ3v) is 4.54. The zero-order valence-corrected chi connectivity index (χ0v) is 15.6. The summed E-state index contributed by atoms with van der Waals surface area (Å²) in [5, 5.41) is 5.34. The van der Waals surface area contributed by atoms with E-state index < -0.39 is 5.92 Å². The average molecular weight is 382 g/mol. The van der Waals surface area contributed by atoms with Crippen molar-refractivity contribution < 1.29 is 19.1 Å². The van der Waals surface area contributed by atoms with Crippen molar-refractivity contribution in [1.29, 1.82) is 0 Å². The fraction of sp³-hybridized carbons (Fsp3) is 0.300. The number of carbonyl (C=O) groups is 3. The maximum absolute atomic E-state index is 12.3. The summed E-state index contributed by atoms with van der Waals surface area (Å²) < 4.78 is 5.11. The van der Waals surface area contributed by atoms with Crippen molar-refractivity contribution in [2.24, 2.45) is 5.92 Å². The normalized spacial score (nSPS) is 16.0. The van der Waals surface area contributed by atoms with Crippen LogP contribution in [0.3, 0.4) is 0 Å². The van der Waals surface area contributed by atoms with E-state index in [1.165, 1.54) is 0 Å². The van der Waals surface area contributed by atoms with Gasteiger partial charge in [-0.05, 0) is 42.0 Å². The molecule has 0 saturated carbocycles. The highest BCUT2D eigenvalue weighted by Gasteiger charge is 2.35. The Bertz CT molecular complexity index is 839. The van der Waals surface area contributed by atoms with Crippen LogP contribution in [0.15, 0.2) is 48.8 Å². The first-order valence-electron chi connectivity index (χ1n) is 8.94. The summed E-state index contributed by atoms with van der Waals surface area (Å²) in [5.41, 5.74) is 1.64. The van der Waals surface area contributed by atoms with E-state index in [0.717, 1.165) is 11.3 Å². The van der Waals surface area contributed by atoms with Gasteiger partial charge in [-0.1, -0.05) is 0 Å². The largest absolute Gasteiger partial charge is 0.497 e. The second kappa shape index (κ2) is 8.98. The molecule has 1 aromatic heterocycles. The monoisotopic (exact) mass is 382 g/mol. The third kappa shape index (κ3) is 4.85. The molecule has 1 atom stereocenters. The van der Waals surface area contributed by atoms with Gasteiger partial charge in [-0.15, -0.1) is 0 Å². The number of nitrogens with zero attached hydrogens (tertiary/aromatic N) is 2. The van der Waals surface area contributed by atoms with Crippen molar-refractivity contribution >= 4 is 23.4 Å². The van der Waals surface area contributed by atoms with Gasteiger partial charge in [-0.3, -0.25) is 19.4 Å². The Morgan fingerprint density at radius 1 is 1.14 bits per heavy atom. The minimum Gasteiger partial charge on any atom is -0.497 e. The second-order valence-electron chi connectivity index (χ2n) is 6.45. The zero-order chi connectivity index (χ0) is 19.9. The molecule has 2 heterocycles. The summed E-state index contributed by atoms with van der Waals surface area (Å²) in [7, 11) is 1.57. The van der Waals surface area contributed by atoms with Gasteiger partial charge in [0.2, 0.25) is 17.7 Å². The molecule has 1 saturated heterocycles. The van der Waals surface area contributed by atoms with Crippen molar-refractivity contribution in [3.63, 3.8) is 0 Å². The van der Waals surface area contributed by atoms with E-state index >= 15 is 0 Å². The lowest BCUT2D eigenvalue weighted by Gasteiger charge is -2.17. The van der Waals surface area contributed by atoms with Crippen LogP contribution in [0.1, 0.15) is 12.0 Å². The Kier molecular flexibility index (Phi) is 6.21. The Hall–Kier alpha value is -3.42. The maximum Gasteiger partial charge on any atom is 0.239 e. The first-order chi connectivity index (χ1) is 13.6. The van der Waals surface area contributed by atoms with E-state index in [-0.39, 0.29) is 37.2 Å². The minimum absolute atomic E-state index is 0.118. The molecule has 1 unspecified atom stereocenters. The van der Waals surface area contributed by atoms with Crippen LogP contribution in [0.5, 0.6) is 5.75 Å². The molecule has 28 heavy (non-hydrogen) atoms. The molecule has 3 rings (SSSR count). The number of benzene rings is 1. The van der Waals surface area contributed by atoms with E-state index in [2.05, 4.69) is 15.6 Å². The Balaban J connectivity index is 1.46. The van der Waals surface area contributed by atoms with Crippen LogP contribution in [0, 0.1) is 5.92 Å². The molecule has 8 heteroatoms. The van der Waals surface area contributed by atoms with E-state index in [1.807, 2.05) is 0 Å². The highest BCUT2D eigenvalue weighted by atomic mass is 16.5. The number of nitrogens with one attached hydrogen (secondary N) is 2. The number of hydrogen-bond acceptors (Lipinski definition) is 5. The number of methoxy groups -OCH3 is 1. The molecule has 0 radical (unpaired) electrons. The van der Waals surface area contributed by atoms with Crippen LogP contribution >= 0.6 is 0 Å². The molecule has 1 fully saturated rings. The highest BCUT2D eigenvalue weighted by molar-refractivity contribution is 6.00. The quantitative estimate of drug-likeness (QED) is 0.740. The van der Waals surface area contributed by atoms with Crippen molar-refractivity contribution in [1.82, 2.24) is 15.6 Å². The summed E-state index contributed by atoms with van der Waals surface area (Å²) in [6.07, 6.45) is 3.42. The smallest absolute Gasteiger partial charge is 0.239 e. The molecule has 0 bridgehead atoms. The number of ether oxygens (including phenoxy) is 1. The van der Waals surface area contributed by atoms with Crippen LogP contribution in [0.4, 0.5) is 5.69 Å². The zero-order valence-electron chi connectivity index (χ0n) is 15.6. The van der Waals surface area contributed by atoms with Gasteiger partial charge in [-0.25, -0.2) is 0 Å². The standard InChI is InChI=1S/C20H22N4O4/c1-28-17-4-2-16(3-5-17)24-13-15(10-19(24)26)20(27)23-12-18(25)22-11-14-6-8-21-9-7-14/h2-9,15H,10-13H2,1H3,(H,22,25)(H,23,27). The predicted octanol–water partition coefficient (Wildman–Crippen LogP) is 0.876. The molecular formula is C20H22N4O4. The Morgan fingerprint density at radius 3 is 2.54 bits per heavy atom. The Morgan fingerprint density at radius 2 is 1.86 bits per heavy atom. The number of carbonyl (C=O) groups excluding carboxylic acids is 3. The van der Waals surface area contributed by atoms with Crippen LogP contribution in [-0.4, -0.2) is 42.9 Å². The minimum atomic E-state index is -0.484. The first-order valence-corrected chi connectivity index (χ1v) is 8.94. The molecule has 0 aliphatic carbocycles. The molecule has 8 nitrogen and oxygen atoms in total. The van der Waals surface area contributed by atoms with Crippen LogP contribution in [0.2, 0.25) is 0 Å². The fourth-order valence-electron chi connectivity index (χ4n) is 2.97. The molecule has 1 aliphatic heterocycles. The number of anilines is 1. The number of rotatable bonds is 7. The lowest BCUT2D eigenvalue weighted by molar-refractivity contribution is -0.129. The Labute approximate surface area is 162 Å². The summed E-state index contributed by atoms with van der Waals surface area (Å²) in [5.74, 6) is -0.498. The predicted molar refractivity (Wildman–Crippen MR) is 103 cm³/mol. The summed E-state index contributed by atoms with van der Waals surface area (Å²) in [6.45, 7) is 0.525. The summed E-state index contributed by atoms with van der Waals surface area (Å²) in [4.78, 5) is 42.0. The van der Waals surface area contributed by atoms with Crippen LogP contribution in [-0.2, 0) is 20.9 Å². The van der Waals surface area contributed by atoms with E-state index in [0.29, 0.717) is 12.3 Å². The van der Waals surface area contributed by atoms with Gasteiger partial charge >= 0.3 is 0 Å². The fourth-order valence-corrected chi connectivity index (χ4v) is 2.97. The molecule has 1 aromatic carbocycles. The van der Waals surface area contributed by atoms with Gasteiger partial charge in [0.1, 0.15) is 5.75 Å². The highest BCUT2D eigenvalue weighted by Crippen LogP contribution is 2.26. The van der Waals surface area contributed by atoms with Gasteiger partial charge in [0, 0.05) is 37.6 Å². The van der Waals surface area contributed by atoms with Gasteiger partial charge in [0.15, 0.2) is 0 Å². The number of hydrogen-bond donors (Lipinski definition) is 2. The van der Waals surface area contributed by atoms with Gasteiger partial charge in [0.05, 0.1) is 19.6 Å². The lowest BCUT2D eigenvalue weighted by atomic mass is 10.1.